The molecule has 1 aromatic rings. The van der Waals surface area contributed by atoms with Crippen molar-refractivity contribution in [2.24, 2.45) is 0 Å². The zero-order valence-corrected chi connectivity index (χ0v) is 10.2. The molecule has 66 valence electrons. The Balaban J connectivity index is 2.85. The normalized spacial score (nSPS) is 10.8. The number of aromatic nitrogens is 1. The van der Waals surface area contributed by atoms with Gasteiger partial charge in [0.2, 0.25) is 0 Å². The van der Waals surface area contributed by atoms with Crippen LogP contribution in [-0.2, 0) is 6.54 Å². The Bertz CT molecular complexity index is 254. The first-order valence-electron chi connectivity index (χ1n) is 3.54. The van der Waals surface area contributed by atoms with Crippen LogP contribution in [0.2, 0.25) is 0 Å². The van der Waals surface area contributed by atoms with Gasteiger partial charge in [-0.25, -0.2) is 4.98 Å². The standard InChI is InChI=1S/C8H10Br2N2/c1-12(2)5-6-3-7(9)11-8(10)4-6/h3-4H,5H2,1-2H3. The van der Waals surface area contributed by atoms with E-state index < -0.39 is 0 Å². The fraction of sp³-hybridized carbons (Fsp3) is 0.375. The minimum absolute atomic E-state index is 0.869. The second-order valence-electron chi connectivity index (χ2n) is 2.86. The molecule has 0 spiro atoms. The summed E-state index contributed by atoms with van der Waals surface area (Å²) in [5.41, 5.74) is 1.24. The molecule has 0 unspecified atom stereocenters. The summed E-state index contributed by atoms with van der Waals surface area (Å²) >= 11 is 6.69. The van der Waals surface area contributed by atoms with Crippen molar-refractivity contribution in [3.63, 3.8) is 0 Å². The van der Waals surface area contributed by atoms with Gasteiger partial charge in [-0.3, -0.25) is 0 Å². The fourth-order valence-electron chi connectivity index (χ4n) is 0.971. The molecule has 0 bridgehead atoms. The van der Waals surface area contributed by atoms with Crippen LogP contribution in [0.5, 0.6) is 0 Å². The number of pyridine rings is 1. The van der Waals surface area contributed by atoms with Gasteiger partial charge < -0.3 is 4.90 Å². The van der Waals surface area contributed by atoms with E-state index in [9.17, 15) is 0 Å². The summed E-state index contributed by atoms with van der Waals surface area (Å²) in [7, 11) is 4.09. The van der Waals surface area contributed by atoms with Gasteiger partial charge in [-0.2, -0.15) is 0 Å². The summed E-state index contributed by atoms with van der Waals surface area (Å²) in [6.45, 7) is 0.930. The lowest BCUT2D eigenvalue weighted by molar-refractivity contribution is 0.402. The molecule has 4 heteroatoms. The molecule has 1 aromatic heterocycles. The van der Waals surface area contributed by atoms with Crippen LogP contribution >= 0.6 is 31.9 Å². The van der Waals surface area contributed by atoms with E-state index >= 15 is 0 Å². The van der Waals surface area contributed by atoms with Crippen molar-refractivity contribution in [3.05, 3.63) is 26.9 Å². The molecule has 0 fully saturated rings. The van der Waals surface area contributed by atoms with Crippen LogP contribution in [0.4, 0.5) is 0 Å². The molecule has 0 aromatic carbocycles. The van der Waals surface area contributed by atoms with Crippen molar-refractivity contribution in [1.82, 2.24) is 9.88 Å². The predicted octanol–water partition coefficient (Wildman–Crippen LogP) is 2.67. The van der Waals surface area contributed by atoms with Gasteiger partial charge in [0.15, 0.2) is 0 Å². The summed E-state index contributed by atoms with van der Waals surface area (Å²) in [5.74, 6) is 0. The molecule has 1 rings (SSSR count). The second-order valence-corrected chi connectivity index (χ2v) is 4.48. The molecule has 0 atom stereocenters. The third-order valence-corrected chi connectivity index (χ3v) is 2.13. The summed E-state index contributed by atoms with van der Waals surface area (Å²) in [6, 6.07) is 4.04. The van der Waals surface area contributed by atoms with E-state index in [1.54, 1.807) is 0 Å². The average Bonchev–Trinajstić information content (AvgIpc) is 1.81. The zero-order valence-electron chi connectivity index (χ0n) is 7.01. The topological polar surface area (TPSA) is 16.1 Å². The van der Waals surface area contributed by atoms with Crippen molar-refractivity contribution >= 4 is 31.9 Å². The number of hydrogen-bond acceptors (Lipinski definition) is 2. The van der Waals surface area contributed by atoms with Gasteiger partial charge in [-0.05, 0) is 63.7 Å². The van der Waals surface area contributed by atoms with Gasteiger partial charge >= 0.3 is 0 Å². The summed E-state index contributed by atoms with van der Waals surface area (Å²) < 4.78 is 1.74. The lowest BCUT2D eigenvalue weighted by Gasteiger charge is -2.09. The van der Waals surface area contributed by atoms with Gasteiger partial charge in [-0.15, -0.1) is 0 Å². The van der Waals surface area contributed by atoms with E-state index in [2.05, 4.69) is 41.7 Å². The fourth-order valence-corrected chi connectivity index (χ4v) is 2.18. The van der Waals surface area contributed by atoms with Crippen LogP contribution in [-0.4, -0.2) is 24.0 Å². The van der Waals surface area contributed by atoms with E-state index in [0.717, 1.165) is 15.8 Å². The SMILES string of the molecule is CN(C)Cc1cc(Br)nc(Br)c1. The Morgan fingerprint density at radius 3 is 2.17 bits per heavy atom. The monoisotopic (exact) mass is 292 g/mol. The number of halogens is 2. The van der Waals surface area contributed by atoms with Crippen LogP contribution < -0.4 is 0 Å². The molecule has 12 heavy (non-hydrogen) atoms. The first kappa shape index (κ1) is 10.2. The largest absolute Gasteiger partial charge is 0.305 e. The molecule has 0 saturated carbocycles. The molecule has 0 aliphatic heterocycles. The van der Waals surface area contributed by atoms with Crippen LogP contribution in [0.15, 0.2) is 21.3 Å². The minimum Gasteiger partial charge on any atom is -0.305 e. The highest BCUT2D eigenvalue weighted by molar-refractivity contribution is 9.11. The van der Waals surface area contributed by atoms with Gasteiger partial charge in [0.1, 0.15) is 9.21 Å². The van der Waals surface area contributed by atoms with E-state index in [4.69, 9.17) is 0 Å². The average molecular weight is 294 g/mol. The highest BCUT2D eigenvalue weighted by Gasteiger charge is 1.99. The minimum atomic E-state index is 0.869. The van der Waals surface area contributed by atoms with Crippen LogP contribution in [0, 0.1) is 0 Å². The van der Waals surface area contributed by atoms with E-state index in [1.165, 1.54) is 5.56 Å². The maximum atomic E-state index is 4.16. The lowest BCUT2D eigenvalue weighted by atomic mass is 10.2. The molecule has 0 amide bonds. The van der Waals surface area contributed by atoms with Crippen molar-refractivity contribution in [1.29, 1.82) is 0 Å². The van der Waals surface area contributed by atoms with Gasteiger partial charge in [0.25, 0.3) is 0 Å². The van der Waals surface area contributed by atoms with Gasteiger partial charge in [-0.1, -0.05) is 0 Å². The molecule has 0 radical (unpaired) electrons. The van der Waals surface area contributed by atoms with E-state index in [0.29, 0.717) is 0 Å². The van der Waals surface area contributed by atoms with Gasteiger partial charge in [0.05, 0.1) is 0 Å². The van der Waals surface area contributed by atoms with Crippen LogP contribution in [0.3, 0.4) is 0 Å². The highest BCUT2D eigenvalue weighted by atomic mass is 79.9. The summed E-state index contributed by atoms with van der Waals surface area (Å²) in [4.78, 5) is 6.28. The van der Waals surface area contributed by atoms with Crippen molar-refractivity contribution < 1.29 is 0 Å². The van der Waals surface area contributed by atoms with Crippen LogP contribution in [0.25, 0.3) is 0 Å². The third kappa shape index (κ3) is 3.21. The zero-order chi connectivity index (χ0) is 9.14. The molecule has 0 saturated heterocycles. The van der Waals surface area contributed by atoms with Crippen molar-refractivity contribution in [3.8, 4) is 0 Å². The van der Waals surface area contributed by atoms with Gasteiger partial charge in [0, 0.05) is 6.54 Å². The quantitative estimate of drug-likeness (QED) is 0.780. The molecule has 0 aliphatic rings. The Labute approximate surface area is 89.2 Å². The highest BCUT2D eigenvalue weighted by Crippen LogP contribution is 2.16. The van der Waals surface area contributed by atoms with Crippen LogP contribution in [0.1, 0.15) is 5.56 Å². The summed E-state index contributed by atoms with van der Waals surface area (Å²) in [6.07, 6.45) is 0. The first-order chi connectivity index (χ1) is 5.58. The summed E-state index contributed by atoms with van der Waals surface area (Å²) in [5, 5.41) is 0. The number of hydrogen-bond donors (Lipinski definition) is 0. The Hall–Kier alpha value is 0.0700. The molecule has 0 aliphatic carbocycles. The van der Waals surface area contributed by atoms with Crippen molar-refractivity contribution in [2.75, 3.05) is 14.1 Å². The molecular weight excluding hydrogens is 284 g/mol. The Morgan fingerprint density at radius 1 is 1.25 bits per heavy atom. The molecule has 0 N–H and O–H groups in total. The Kier molecular flexibility index (Phi) is 3.68. The lowest BCUT2D eigenvalue weighted by Crippen LogP contribution is -2.10. The first-order valence-corrected chi connectivity index (χ1v) is 5.13. The third-order valence-electron chi connectivity index (χ3n) is 1.32. The Morgan fingerprint density at radius 2 is 1.75 bits per heavy atom. The van der Waals surface area contributed by atoms with E-state index in [1.807, 2.05) is 26.2 Å². The van der Waals surface area contributed by atoms with Crippen molar-refractivity contribution in [2.45, 2.75) is 6.54 Å². The molecule has 2 nitrogen and oxygen atoms in total. The number of nitrogens with zero attached hydrogens (tertiary/aromatic N) is 2. The number of rotatable bonds is 2. The predicted molar refractivity (Wildman–Crippen MR) is 57.0 cm³/mol. The molecule has 1 heterocycles. The molecular formula is C8H10Br2N2. The maximum Gasteiger partial charge on any atom is 0.107 e. The smallest absolute Gasteiger partial charge is 0.107 e. The van der Waals surface area contributed by atoms with E-state index in [-0.39, 0.29) is 0 Å². The maximum absolute atomic E-state index is 4.16. The second kappa shape index (κ2) is 4.35.